The van der Waals surface area contributed by atoms with E-state index in [1.165, 1.54) is 6.08 Å². The van der Waals surface area contributed by atoms with Crippen molar-refractivity contribution in [3.8, 4) is 23.0 Å². The maximum atomic E-state index is 13.0. The Morgan fingerprint density at radius 3 is 2.53 bits per heavy atom. The van der Waals surface area contributed by atoms with Crippen LogP contribution in [0.2, 0.25) is 0 Å². The summed E-state index contributed by atoms with van der Waals surface area (Å²) in [6, 6.07) is 8.98. The van der Waals surface area contributed by atoms with E-state index in [1.54, 1.807) is 44.6 Å². The van der Waals surface area contributed by atoms with Gasteiger partial charge in [0.15, 0.2) is 17.3 Å². The van der Waals surface area contributed by atoms with Gasteiger partial charge in [-0.1, -0.05) is 24.8 Å². The zero-order valence-corrected chi connectivity index (χ0v) is 17.7. The van der Waals surface area contributed by atoms with Gasteiger partial charge in [0.2, 0.25) is 0 Å². The van der Waals surface area contributed by atoms with E-state index >= 15 is 0 Å². The highest BCUT2D eigenvalue weighted by molar-refractivity contribution is 6.09. The van der Waals surface area contributed by atoms with Crippen LogP contribution in [-0.2, 0) is 0 Å². The first kappa shape index (κ1) is 21.2. The normalized spacial score (nSPS) is 14.0. The molecule has 0 bridgehead atoms. The molecule has 1 aliphatic heterocycles. The highest BCUT2D eigenvalue weighted by Crippen LogP contribution is 2.40. The van der Waals surface area contributed by atoms with Gasteiger partial charge in [0, 0.05) is 0 Å². The molecule has 2 aromatic carbocycles. The van der Waals surface area contributed by atoms with Crippen molar-refractivity contribution in [1.82, 2.24) is 0 Å². The summed E-state index contributed by atoms with van der Waals surface area (Å²) in [7, 11) is 3.18. The molecule has 0 amide bonds. The molecule has 0 unspecified atom stereocenters. The quantitative estimate of drug-likeness (QED) is 0.336. The van der Waals surface area contributed by atoms with Crippen molar-refractivity contribution >= 4 is 17.9 Å². The number of allylic oxidation sites excluding steroid dienone is 1. The Balaban J connectivity index is 1.91. The van der Waals surface area contributed by atoms with Crippen molar-refractivity contribution in [3.63, 3.8) is 0 Å². The molecule has 30 heavy (non-hydrogen) atoms. The van der Waals surface area contributed by atoms with Crippen LogP contribution in [0, 0.1) is 0 Å². The van der Waals surface area contributed by atoms with Crippen LogP contribution in [0.25, 0.3) is 12.2 Å². The monoisotopic (exact) mass is 406 g/mol. The van der Waals surface area contributed by atoms with E-state index in [9.17, 15) is 4.79 Å². The van der Waals surface area contributed by atoms with Gasteiger partial charge in [-0.05, 0) is 61.9 Å². The lowest BCUT2D eigenvalue weighted by atomic mass is 9.97. The van der Waals surface area contributed by atoms with Crippen molar-refractivity contribution in [3.05, 3.63) is 71.8 Å². The van der Waals surface area contributed by atoms with Gasteiger partial charge in [-0.25, -0.2) is 0 Å². The van der Waals surface area contributed by atoms with Gasteiger partial charge < -0.3 is 18.9 Å². The number of methoxy groups -OCH3 is 2. The molecule has 0 fully saturated rings. The summed E-state index contributed by atoms with van der Waals surface area (Å²) in [4.78, 5) is 13.0. The van der Waals surface area contributed by atoms with Crippen LogP contribution in [0.5, 0.6) is 23.0 Å². The largest absolute Gasteiger partial charge is 0.496 e. The number of fused-ring (bicyclic) bond motifs is 1. The molecule has 1 heterocycles. The van der Waals surface area contributed by atoms with Gasteiger partial charge in [0.1, 0.15) is 23.7 Å². The summed E-state index contributed by atoms with van der Waals surface area (Å²) in [6.45, 7) is 7.90. The third-order valence-electron chi connectivity index (χ3n) is 4.63. The van der Waals surface area contributed by atoms with Gasteiger partial charge in [0.05, 0.1) is 25.3 Å². The first-order chi connectivity index (χ1) is 14.4. The van der Waals surface area contributed by atoms with Crippen molar-refractivity contribution in [2.24, 2.45) is 0 Å². The molecule has 0 spiro atoms. The first-order valence-corrected chi connectivity index (χ1v) is 9.62. The molecular formula is C25H26O5. The fraction of sp³-hybridized carbons (Fsp3) is 0.240. The molecule has 0 saturated carbocycles. The molecule has 0 aromatic heterocycles. The molecule has 0 saturated heterocycles. The maximum Gasteiger partial charge on any atom is 0.189 e. The van der Waals surface area contributed by atoms with Crippen molar-refractivity contribution in [1.29, 1.82) is 0 Å². The third kappa shape index (κ3) is 4.57. The van der Waals surface area contributed by atoms with Crippen LogP contribution in [0.3, 0.4) is 0 Å². The van der Waals surface area contributed by atoms with E-state index in [-0.39, 0.29) is 5.78 Å². The predicted octanol–water partition coefficient (Wildman–Crippen LogP) is 5.35. The zero-order valence-electron chi connectivity index (χ0n) is 17.7. The summed E-state index contributed by atoms with van der Waals surface area (Å²) in [5.74, 6) is 2.23. The van der Waals surface area contributed by atoms with Gasteiger partial charge in [0.25, 0.3) is 0 Å². The molecule has 0 radical (unpaired) electrons. The average Bonchev–Trinajstić information content (AvgIpc) is 2.74. The standard InChI is InChI=1S/C25H26O5/c1-6-15-29-23-16-17(8-11-22(23)28-5)7-10-20(26)18-9-12-21(27-4)19-13-14-25(2,3)30-24(18)19/h6-14,16H,1,15H2,2-5H3/b10-7+. The second-order valence-electron chi connectivity index (χ2n) is 7.30. The lowest BCUT2D eigenvalue weighted by Gasteiger charge is -2.29. The second kappa shape index (κ2) is 8.91. The van der Waals surface area contributed by atoms with Crippen molar-refractivity contribution in [2.75, 3.05) is 20.8 Å². The number of ether oxygens (including phenoxy) is 4. The smallest absolute Gasteiger partial charge is 0.189 e. The number of rotatable bonds is 8. The van der Waals surface area contributed by atoms with Crippen LogP contribution in [-0.4, -0.2) is 32.2 Å². The highest BCUT2D eigenvalue weighted by atomic mass is 16.5. The van der Waals surface area contributed by atoms with E-state index < -0.39 is 5.60 Å². The van der Waals surface area contributed by atoms with E-state index in [0.29, 0.717) is 35.2 Å². The molecule has 156 valence electrons. The molecule has 5 nitrogen and oxygen atoms in total. The van der Waals surface area contributed by atoms with Gasteiger partial charge in [-0.3, -0.25) is 4.79 Å². The second-order valence-corrected chi connectivity index (χ2v) is 7.30. The number of carbonyl (C=O) groups is 1. The van der Waals surface area contributed by atoms with Crippen LogP contribution >= 0.6 is 0 Å². The van der Waals surface area contributed by atoms with Gasteiger partial charge in [-0.2, -0.15) is 0 Å². The predicted molar refractivity (Wildman–Crippen MR) is 119 cm³/mol. The number of benzene rings is 2. The molecule has 3 rings (SSSR count). The Hall–Kier alpha value is -3.47. The summed E-state index contributed by atoms with van der Waals surface area (Å²) in [5, 5.41) is 0. The van der Waals surface area contributed by atoms with Crippen molar-refractivity contribution < 1.29 is 23.7 Å². The molecule has 1 aliphatic rings. The summed E-state index contributed by atoms with van der Waals surface area (Å²) in [5.41, 5.74) is 1.55. The summed E-state index contributed by atoms with van der Waals surface area (Å²) in [6.07, 6.45) is 8.81. The maximum absolute atomic E-state index is 13.0. The molecule has 0 N–H and O–H groups in total. The van der Waals surface area contributed by atoms with Crippen LogP contribution < -0.4 is 18.9 Å². The fourth-order valence-corrected chi connectivity index (χ4v) is 3.12. The minimum absolute atomic E-state index is 0.163. The van der Waals surface area contributed by atoms with Crippen LogP contribution in [0.1, 0.15) is 35.3 Å². The van der Waals surface area contributed by atoms with Crippen molar-refractivity contribution in [2.45, 2.75) is 19.4 Å². The lowest BCUT2D eigenvalue weighted by molar-refractivity contribution is 0.103. The molecule has 5 heteroatoms. The first-order valence-electron chi connectivity index (χ1n) is 9.62. The number of hydrogen-bond donors (Lipinski definition) is 0. The Bertz CT molecular complexity index is 1010. The topological polar surface area (TPSA) is 54.0 Å². The lowest BCUT2D eigenvalue weighted by Crippen LogP contribution is -2.28. The number of carbonyl (C=O) groups excluding carboxylic acids is 1. The number of ketones is 1. The number of hydrogen-bond acceptors (Lipinski definition) is 5. The average molecular weight is 406 g/mol. The van der Waals surface area contributed by atoms with Crippen LogP contribution in [0.4, 0.5) is 0 Å². The Kier molecular flexibility index (Phi) is 6.31. The fourth-order valence-electron chi connectivity index (χ4n) is 3.12. The van der Waals surface area contributed by atoms with E-state index in [0.717, 1.165) is 11.1 Å². The summed E-state index contributed by atoms with van der Waals surface area (Å²) < 4.78 is 22.5. The van der Waals surface area contributed by atoms with Gasteiger partial charge in [-0.15, -0.1) is 0 Å². The minimum atomic E-state index is -0.508. The van der Waals surface area contributed by atoms with E-state index in [1.807, 2.05) is 38.1 Å². The van der Waals surface area contributed by atoms with Gasteiger partial charge >= 0.3 is 0 Å². The zero-order chi connectivity index (χ0) is 21.7. The highest BCUT2D eigenvalue weighted by Gasteiger charge is 2.27. The minimum Gasteiger partial charge on any atom is -0.496 e. The Morgan fingerprint density at radius 1 is 1.10 bits per heavy atom. The summed E-state index contributed by atoms with van der Waals surface area (Å²) >= 11 is 0. The SMILES string of the molecule is C=CCOc1cc(/C=C/C(=O)c2ccc(OC)c3c2OC(C)(C)C=C3)ccc1OC. The molecule has 0 aliphatic carbocycles. The molecule has 0 atom stereocenters. The van der Waals surface area contributed by atoms with Crippen LogP contribution in [0.15, 0.2) is 55.1 Å². The molecule has 2 aromatic rings. The third-order valence-corrected chi connectivity index (χ3v) is 4.63. The Morgan fingerprint density at radius 2 is 1.83 bits per heavy atom. The van der Waals surface area contributed by atoms with E-state index in [4.69, 9.17) is 18.9 Å². The Labute approximate surface area is 177 Å². The molecular weight excluding hydrogens is 380 g/mol. The van der Waals surface area contributed by atoms with E-state index in [2.05, 4.69) is 6.58 Å².